The van der Waals surface area contributed by atoms with Gasteiger partial charge in [0.25, 0.3) is 10.1 Å². The van der Waals surface area contributed by atoms with Gasteiger partial charge in [0.1, 0.15) is 4.90 Å². The maximum absolute atomic E-state index is 11.1. The number of nitrogens with one attached hydrogen (secondary N) is 1. The van der Waals surface area contributed by atoms with E-state index < -0.39 is 10.1 Å². The molecule has 0 amide bonds. The third-order valence-electron chi connectivity index (χ3n) is 2.07. The normalized spacial score (nSPS) is 12.0. The van der Waals surface area contributed by atoms with Gasteiger partial charge in [0.2, 0.25) is 0 Å². The van der Waals surface area contributed by atoms with E-state index in [4.69, 9.17) is 10.3 Å². The highest BCUT2D eigenvalue weighted by Crippen LogP contribution is 2.18. The molecule has 1 rings (SSSR count). The fraction of sp³-hybridized carbons (Fsp3) is 0.400. The van der Waals surface area contributed by atoms with Crippen LogP contribution in [-0.2, 0) is 16.7 Å². The maximum Gasteiger partial charge on any atom is 0.294 e. The second kappa shape index (κ2) is 4.82. The minimum atomic E-state index is -4.22. The van der Waals surface area contributed by atoms with E-state index in [1.54, 1.807) is 12.1 Å². The molecule has 0 spiro atoms. The lowest BCUT2D eigenvalue weighted by Crippen LogP contribution is -2.23. The van der Waals surface area contributed by atoms with Gasteiger partial charge in [-0.05, 0) is 17.7 Å². The van der Waals surface area contributed by atoms with Gasteiger partial charge in [-0.15, -0.1) is 0 Å². The highest BCUT2D eigenvalue weighted by molar-refractivity contribution is 7.85. The molecular weight excluding hydrogens is 228 g/mol. The standard InChI is InChI=1S/C10H16N2O3S/c1-7(2)12-6-8-3-4-9(11)5-10(8)16(13,14)15/h3-5,7,12H,6,11H2,1-2H3,(H,13,14,15). The molecule has 0 saturated carbocycles. The third-order valence-corrected chi connectivity index (χ3v) is 3.01. The molecule has 0 fully saturated rings. The first-order chi connectivity index (χ1) is 7.30. The fourth-order valence-corrected chi connectivity index (χ4v) is 2.03. The van der Waals surface area contributed by atoms with Gasteiger partial charge >= 0.3 is 0 Å². The molecule has 0 heterocycles. The monoisotopic (exact) mass is 244 g/mol. The fourth-order valence-electron chi connectivity index (χ4n) is 1.27. The van der Waals surface area contributed by atoms with Gasteiger partial charge in [-0.25, -0.2) is 0 Å². The number of anilines is 1. The van der Waals surface area contributed by atoms with Gasteiger partial charge in [-0.2, -0.15) is 8.42 Å². The van der Waals surface area contributed by atoms with Crippen molar-refractivity contribution in [1.82, 2.24) is 5.32 Å². The summed E-state index contributed by atoms with van der Waals surface area (Å²) >= 11 is 0. The van der Waals surface area contributed by atoms with Crippen LogP contribution in [0.5, 0.6) is 0 Å². The van der Waals surface area contributed by atoms with E-state index in [1.165, 1.54) is 6.07 Å². The second-order valence-corrected chi connectivity index (χ2v) is 5.27. The van der Waals surface area contributed by atoms with Gasteiger partial charge in [0.05, 0.1) is 0 Å². The molecule has 0 bridgehead atoms. The number of benzene rings is 1. The summed E-state index contributed by atoms with van der Waals surface area (Å²) in [6, 6.07) is 4.68. The Labute approximate surface area is 95.4 Å². The van der Waals surface area contributed by atoms with Gasteiger partial charge in [-0.1, -0.05) is 19.9 Å². The van der Waals surface area contributed by atoms with Crippen LogP contribution in [0.3, 0.4) is 0 Å². The van der Waals surface area contributed by atoms with Crippen molar-refractivity contribution in [3.05, 3.63) is 23.8 Å². The van der Waals surface area contributed by atoms with Gasteiger partial charge in [0.15, 0.2) is 0 Å². The zero-order valence-electron chi connectivity index (χ0n) is 9.27. The van der Waals surface area contributed by atoms with Crippen LogP contribution in [0.1, 0.15) is 19.4 Å². The van der Waals surface area contributed by atoms with E-state index in [2.05, 4.69) is 5.32 Å². The van der Waals surface area contributed by atoms with E-state index in [0.717, 1.165) is 0 Å². The predicted octanol–water partition coefficient (Wildman–Crippen LogP) is 1.01. The van der Waals surface area contributed by atoms with E-state index in [0.29, 0.717) is 17.8 Å². The molecule has 0 aliphatic carbocycles. The van der Waals surface area contributed by atoms with Gasteiger partial charge < -0.3 is 11.1 Å². The Morgan fingerprint density at radius 3 is 2.56 bits per heavy atom. The van der Waals surface area contributed by atoms with Crippen molar-refractivity contribution < 1.29 is 13.0 Å². The first-order valence-electron chi connectivity index (χ1n) is 4.90. The molecular formula is C10H16N2O3S. The largest absolute Gasteiger partial charge is 0.399 e. The molecule has 1 aromatic carbocycles. The molecule has 6 heteroatoms. The summed E-state index contributed by atoms with van der Waals surface area (Å²) in [5.74, 6) is 0. The Morgan fingerprint density at radius 1 is 1.44 bits per heavy atom. The van der Waals surface area contributed by atoms with Crippen molar-refractivity contribution in [2.75, 3.05) is 5.73 Å². The molecule has 0 unspecified atom stereocenters. The Bertz CT molecular complexity index is 469. The van der Waals surface area contributed by atoms with Crippen molar-refractivity contribution in [3.8, 4) is 0 Å². The molecule has 5 nitrogen and oxygen atoms in total. The molecule has 0 aromatic heterocycles. The molecule has 1 aromatic rings. The molecule has 0 atom stereocenters. The minimum Gasteiger partial charge on any atom is -0.399 e. The second-order valence-electron chi connectivity index (χ2n) is 3.88. The lowest BCUT2D eigenvalue weighted by Gasteiger charge is -2.11. The van der Waals surface area contributed by atoms with Gasteiger partial charge in [-0.3, -0.25) is 4.55 Å². The van der Waals surface area contributed by atoms with E-state index in [-0.39, 0.29) is 10.9 Å². The van der Waals surface area contributed by atoms with Crippen molar-refractivity contribution in [2.45, 2.75) is 31.3 Å². The summed E-state index contributed by atoms with van der Waals surface area (Å²) in [6.45, 7) is 4.27. The summed E-state index contributed by atoms with van der Waals surface area (Å²) in [6.07, 6.45) is 0. The molecule has 16 heavy (non-hydrogen) atoms. The molecule has 0 radical (unpaired) electrons. The Balaban J connectivity index is 3.09. The number of nitrogen functional groups attached to an aromatic ring is 1. The topological polar surface area (TPSA) is 92.4 Å². The van der Waals surface area contributed by atoms with E-state index >= 15 is 0 Å². The summed E-state index contributed by atoms with van der Waals surface area (Å²) in [7, 11) is -4.22. The van der Waals surface area contributed by atoms with Crippen LogP contribution in [-0.4, -0.2) is 19.0 Å². The van der Waals surface area contributed by atoms with Crippen LogP contribution < -0.4 is 11.1 Å². The van der Waals surface area contributed by atoms with Crippen LogP contribution in [0, 0.1) is 0 Å². The highest BCUT2D eigenvalue weighted by Gasteiger charge is 2.15. The third kappa shape index (κ3) is 3.48. The lowest BCUT2D eigenvalue weighted by molar-refractivity contribution is 0.480. The number of hydrogen-bond donors (Lipinski definition) is 3. The summed E-state index contributed by atoms with van der Waals surface area (Å²) in [5, 5.41) is 3.08. The zero-order valence-corrected chi connectivity index (χ0v) is 10.1. The maximum atomic E-state index is 11.1. The van der Waals surface area contributed by atoms with Crippen LogP contribution in [0.4, 0.5) is 5.69 Å². The zero-order chi connectivity index (χ0) is 12.3. The van der Waals surface area contributed by atoms with Crippen molar-refractivity contribution in [1.29, 1.82) is 0 Å². The molecule has 0 saturated heterocycles. The van der Waals surface area contributed by atoms with Crippen molar-refractivity contribution >= 4 is 15.8 Å². The van der Waals surface area contributed by atoms with E-state index in [9.17, 15) is 8.42 Å². The molecule has 0 aliphatic heterocycles. The first-order valence-corrected chi connectivity index (χ1v) is 6.34. The minimum absolute atomic E-state index is 0.138. The van der Waals surface area contributed by atoms with Crippen LogP contribution in [0.15, 0.2) is 23.1 Å². The molecule has 0 aliphatic rings. The molecule has 90 valence electrons. The van der Waals surface area contributed by atoms with Crippen molar-refractivity contribution in [2.24, 2.45) is 0 Å². The molecule has 4 N–H and O–H groups in total. The summed E-state index contributed by atoms with van der Waals surface area (Å²) in [4.78, 5) is -0.138. The predicted molar refractivity (Wildman–Crippen MR) is 62.6 cm³/mol. The average Bonchev–Trinajstić information content (AvgIpc) is 2.14. The highest BCUT2D eigenvalue weighted by atomic mass is 32.2. The summed E-state index contributed by atoms with van der Waals surface area (Å²) < 4.78 is 31.3. The number of nitrogens with two attached hydrogens (primary N) is 1. The van der Waals surface area contributed by atoms with Gasteiger partial charge in [0, 0.05) is 18.3 Å². The average molecular weight is 244 g/mol. The van der Waals surface area contributed by atoms with Crippen molar-refractivity contribution in [3.63, 3.8) is 0 Å². The quantitative estimate of drug-likeness (QED) is 0.543. The van der Waals surface area contributed by atoms with Crippen LogP contribution >= 0.6 is 0 Å². The first kappa shape index (κ1) is 13.0. The van der Waals surface area contributed by atoms with Crippen LogP contribution in [0.2, 0.25) is 0 Å². The van der Waals surface area contributed by atoms with E-state index in [1.807, 2.05) is 13.8 Å². The Hall–Kier alpha value is -1.11. The van der Waals surface area contributed by atoms with Crippen LogP contribution in [0.25, 0.3) is 0 Å². The smallest absolute Gasteiger partial charge is 0.294 e. The number of rotatable bonds is 4. The summed E-state index contributed by atoms with van der Waals surface area (Å²) in [5.41, 5.74) is 6.30. The SMILES string of the molecule is CC(C)NCc1ccc(N)cc1S(=O)(=O)O. The lowest BCUT2D eigenvalue weighted by atomic mass is 10.2. The Kier molecular flexibility index (Phi) is 3.90. The Morgan fingerprint density at radius 2 is 2.06 bits per heavy atom. The number of hydrogen-bond acceptors (Lipinski definition) is 4.